The second-order valence-electron chi connectivity index (χ2n) is 2.89. The topological polar surface area (TPSA) is 39.0 Å². The minimum Gasteiger partial charge on any atom is -0.340 e. The van der Waals surface area contributed by atoms with Gasteiger partial charge in [0, 0.05) is 0 Å². The molecule has 0 aromatic rings. The van der Waals surface area contributed by atoms with Crippen LogP contribution in [0.2, 0.25) is 0 Å². The highest BCUT2D eigenvalue weighted by Gasteiger charge is 2.47. The van der Waals surface area contributed by atoms with E-state index in [2.05, 4.69) is 12.2 Å². The smallest absolute Gasteiger partial charge is 0.246 e. The Morgan fingerprint density at radius 3 is 2.56 bits per heavy atom. The average molecular weight is 127 g/mol. The van der Waals surface area contributed by atoms with Crippen molar-refractivity contribution in [3.8, 4) is 0 Å². The summed E-state index contributed by atoms with van der Waals surface area (Å²) >= 11 is 0. The van der Waals surface area contributed by atoms with E-state index in [9.17, 15) is 4.79 Å². The van der Waals surface area contributed by atoms with Gasteiger partial charge in [0.25, 0.3) is 0 Å². The fourth-order valence-corrected chi connectivity index (χ4v) is 0.926. The van der Waals surface area contributed by atoms with Crippen LogP contribution in [0.25, 0.3) is 0 Å². The van der Waals surface area contributed by atoms with Crippen molar-refractivity contribution >= 4 is 5.91 Å². The zero-order valence-corrected chi connectivity index (χ0v) is 6.03. The van der Waals surface area contributed by atoms with Crippen molar-refractivity contribution in [1.29, 1.82) is 0 Å². The lowest BCUT2D eigenvalue weighted by Crippen LogP contribution is -2.08. The van der Waals surface area contributed by atoms with Crippen LogP contribution in [0.1, 0.15) is 33.1 Å². The monoisotopic (exact) mass is 127 g/mol. The Morgan fingerprint density at radius 1 is 1.67 bits per heavy atom. The van der Waals surface area contributed by atoms with Gasteiger partial charge in [0.2, 0.25) is 5.91 Å². The molecule has 0 aliphatic carbocycles. The van der Waals surface area contributed by atoms with E-state index >= 15 is 0 Å². The van der Waals surface area contributed by atoms with Gasteiger partial charge in [0.05, 0.1) is 0 Å². The largest absolute Gasteiger partial charge is 0.340 e. The molecule has 52 valence electrons. The number of amides is 1. The Balaban J connectivity index is 2.21. The Bertz CT molecular complexity index is 133. The van der Waals surface area contributed by atoms with E-state index in [0.717, 1.165) is 12.8 Å². The molecule has 9 heavy (non-hydrogen) atoms. The molecule has 1 rings (SSSR count). The standard InChI is InChI=1S/C7H13NO/c1-3-4-5-7(2)6(9)8-7/h3-5H2,1-2H3,(H,8,9)/t7-/m0/s1. The number of carbonyl (C=O) groups is 1. The van der Waals surface area contributed by atoms with Crippen molar-refractivity contribution in [3.05, 3.63) is 0 Å². The highest BCUT2D eigenvalue weighted by Crippen LogP contribution is 2.24. The Hall–Kier alpha value is -0.530. The van der Waals surface area contributed by atoms with Crippen molar-refractivity contribution in [2.75, 3.05) is 0 Å². The van der Waals surface area contributed by atoms with E-state index in [1.165, 1.54) is 6.42 Å². The van der Waals surface area contributed by atoms with Crippen LogP contribution in [0.3, 0.4) is 0 Å². The van der Waals surface area contributed by atoms with Crippen LogP contribution in [0.5, 0.6) is 0 Å². The fourth-order valence-electron chi connectivity index (χ4n) is 0.926. The predicted molar refractivity (Wildman–Crippen MR) is 36.1 cm³/mol. The first-order valence-corrected chi connectivity index (χ1v) is 3.51. The molecule has 0 aromatic heterocycles. The second kappa shape index (κ2) is 2.01. The normalized spacial score (nSPS) is 32.0. The van der Waals surface area contributed by atoms with Crippen molar-refractivity contribution < 1.29 is 4.79 Å². The van der Waals surface area contributed by atoms with Gasteiger partial charge in [-0.15, -0.1) is 0 Å². The third-order valence-corrected chi connectivity index (χ3v) is 1.86. The van der Waals surface area contributed by atoms with E-state index in [0.29, 0.717) is 0 Å². The molecule has 1 atom stereocenters. The maximum atomic E-state index is 10.6. The predicted octanol–water partition coefficient (Wildman–Crippen LogP) is 1.07. The lowest BCUT2D eigenvalue weighted by molar-refractivity contribution is -0.112. The number of hydrogen-bond donors (Lipinski definition) is 1. The lowest BCUT2D eigenvalue weighted by atomic mass is 10.1. The molecule has 0 bridgehead atoms. The van der Waals surface area contributed by atoms with E-state index < -0.39 is 0 Å². The molecule has 2 heteroatoms. The molecular formula is C7H13NO. The van der Waals surface area contributed by atoms with Crippen molar-refractivity contribution in [3.63, 3.8) is 0 Å². The summed E-state index contributed by atoms with van der Waals surface area (Å²) in [4.78, 5) is 10.6. The third kappa shape index (κ3) is 1.23. The van der Waals surface area contributed by atoms with Gasteiger partial charge in [0.1, 0.15) is 5.54 Å². The molecule has 1 saturated heterocycles. The van der Waals surface area contributed by atoms with Crippen LogP contribution in [-0.2, 0) is 4.79 Å². The molecule has 0 saturated carbocycles. The first kappa shape index (κ1) is 6.59. The Kier molecular flexibility index (Phi) is 1.47. The molecule has 1 heterocycles. The second-order valence-corrected chi connectivity index (χ2v) is 2.89. The van der Waals surface area contributed by atoms with Crippen LogP contribution in [0.15, 0.2) is 0 Å². The van der Waals surface area contributed by atoms with Crippen LogP contribution >= 0.6 is 0 Å². The van der Waals surface area contributed by atoms with E-state index in [4.69, 9.17) is 0 Å². The summed E-state index contributed by atoms with van der Waals surface area (Å²) in [7, 11) is 0. The minimum absolute atomic E-state index is 0.129. The Labute approximate surface area is 55.6 Å². The van der Waals surface area contributed by atoms with Crippen molar-refractivity contribution in [2.45, 2.75) is 38.6 Å². The molecule has 0 radical (unpaired) electrons. The first-order valence-electron chi connectivity index (χ1n) is 3.51. The summed E-state index contributed by atoms with van der Waals surface area (Å²) in [6.45, 7) is 4.10. The molecule has 0 spiro atoms. The van der Waals surface area contributed by atoms with Gasteiger partial charge in [-0.05, 0) is 13.3 Å². The maximum Gasteiger partial charge on any atom is 0.246 e. The summed E-state index contributed by atoms with van der Waals surface area (Å²) in [6.07, 6.45) is 3.32. The van der Waals surface area contributed by atoms with Gasteiger partial charge in [0.15, 0.2) is 0 Å². The van der Waals surface area contributed by atoms with Crippen molar-refractivity contribution in [1.82, 2.24) is 5.32 Å². The van der Waals surface area contributed by atoms with Gasteiger partial charge in [-0.3, -0.25) is 4.79 Å². The summed E-state index contributed by atoms with van der Waals surface area (Å²) < 4.78 is 0. The Morgan fingerprint density at radius 2 is 2.22 bits per heavy atom. The molecule has 0 aromatic carbocycles. The highest BCUT2D eigenvalue weighted by molar-refractivity contribution is 6.01. The van der Waals surface area contributed by atoms with Gasteiger partial charge in [-0.2, -0.15) is 0 Å². The molecule has 1 N–H and O–H groups in total. The summed E-state index contributed by atoms with van der Waals surface area (Å²) in [5, 5.41) is 2.80. The van der Waals surface area contributed by atoms with Crippen LogP contribution in [0.4, 0.5) is 0 Å². The lowest BCUT2D eigenvalue weighted by Gasteiger charge is -1.99. The van der Waals surface area contributed by atoms with Gasteiger partial charge < -0.3 is 5.32 Å². The highest BCUT2D eigenvalue weighted by atomic mass is 16.2. The minimum atomic E-state index is -0.129. The van der Waals surface area contributed by atoms with Crippen molar-refractivity contribution in [2.24, 2.45) is 0 Å². The van der Waals surface area contributed by atoms with E-state index in [1.807, 2.05) is 6.92 Å². The fraction of sp³-hybridized carbons (Fsp3) is 0.857. The zero-order chi connectivity index (χ0) is 6.91. The van der Waals surface area contributed by atoms with Crippen LogP contribution in [0, 0.1) is 0 Å². The summed E-state index contributed by atoms with van der Waals surface area (Å²) in [6, 6.07) is 0. The number of carbonyl (C=O) groups excluding carboxylic acids is 1. The third-order valence-electron chi connectivity index (χ3n) is 1.86. The quantitative estimate of drug-likeness (QED) is 0.566. The van der Waals surface area contributed by atoms with Crippen LogP contribution < -0.4 is 5.32 Å². The van der Waals surface area contributed by atoms with Gasteiger partial charge >= 0.3 is 0 Å². The average Bonchev–Trinajstić information content (AvgIpc) is 2.38. The number of unbranched alkanes of at least 4 members (excludes halogenated alkanes) is 1. The maximum absolute atomic E-state index is 10.6. The summed E-state index contributed by atoms with van der Waals surface area (Å²) in [5.74, 6) is 0.218. The number of nitrogens with one attached hydrogen (secondary N) is 1. The zero-order valence-electron chi connectivity index (χ0n) is 6.03. The van der Waals surface area contributed by atoms with Gasteiger partial charge in [-0.1, -0.05) is 19.8 Å². The molecule has 0 unspecified atom stereocenters. The molecule has 2 nitrogen and oxygen atoms in total. The SMILES string of the molecule is CCCC[C@]1(C)NC1=O. The van der Waals surface area contributed by atoms with Crippen LogP contribution in [-0.4, -0.2) is 11.4 Å². The number of rotatable bonds is 3. The molecule has 1 fully saturated rings. The molecular weight excluding hydrogens is 114 g/mol. The number of hydrogen-bond acceptors (Lipinski definition) is 1. The van der Waals surface area contributed by atoms with Gasteiger partial charge in [-0.25, -0.2) is 0 Å². The van der Waals surface area contributed by atoms with E-state index in [1.54, 1.807) is 0 Å². The summed E-state index contributed by atoms with van der Waals surface area (Å²) in [5.41, 5.74) is -0.129. The molecule has 1 aliphatic heterocycles. The molecule has 1 amide bonds. The molecule has 1 aliphatic rings. The van der Waals surface area contributed by atoms with E-state index in [-0.39, 0.29) is 11.4 Å². The first-order chi connectivity index (χ1) is 4.19.